The quantitative estimate of drug-likeness (QED) is 0.385. The number of hydrazine groups is 1. The van der Waals surface area contributed by atoms with Gasteiger partial charge in [-0.1, -0.05) is 18.2 Å². The maximum absolute atomic E-state index is 13.3. The molecular weight excluding hydrogens is 245 g/mol. The van der Waals surface area contributed by atoms with Crippen molar-refractivity contribution in [1.82, 2.24) is 5.43 Å². The van der Waals surface area contributed by atoms with Crippen LogP contribution < -0.4 is 16.0 Å². The van der Waals surface area contributed by atoms with Crippen molar-refractivity contribution in [3.8, 4) is 5.75 Å². The van der Waals surface area contributed by atoms with Gasteiger partial charge in [0, 0.05) is 5.56 Å². The summed E-state index contributed by atoms with van der Waals surface area (Å²) in [7, 11) is 1.41. The third kappa shape index (κ3) is 3.08. The van der Waals surface area contributed by atoms with E-state index in [1.54, 1.807) is 6.07 Å². The minimum Gasteiger partial charge on any atom is -0.494 e. The Morgan fingerprint density at radius 2 is 1.95 bits per heavy atom. The molecule has 2 aromatic rings. The molecule has 0 spiro atoms. The number of aliphatic imine (C=N–C) groups is 1. The van der Waals surface area contributed by atoms with Crippen molar-refractivity contribution in [2.75, 3.05) is 7.11 Å². The Bertz CT molecular complexity index is 584. The van der Waals surface area contributed by atoms with Crippen LogP contribution in [0.25, 0.3) is 0 Å². The van der Waals surface area contributed by atoms with Gasteiger partial charge in [0.25, 0.3) is 0 Å². The van der Waals surface area contributed by atoms with Crippen molar-refractivity contribution in [3.63, 3.8) is 0 Å². The molecule has 0 radical (unpaired) electrons. The SMILES string of the molecule is COc1cc(C(=Nc2ccccc2)NN)ccc1F. The van der Waals surface area contributed by atoms with Crippen molar-refractivity contribution in [3.05, 3.63) is 59.9 Å². The van der Waals surface area contributed by atoms with Crippen LogP contribution in [-0.2, 0) is 0 Å². The van der Waals surface area contributed by atoms with Crippen LogP contribution in [0.5, 0.6) is 5.75 Å². The molecule has 0 saturated heterocycles. The molecule has 2 rings (SSSR count). The van der Waals surface area contributed by atoms with E-state index in [0.717, 1.165) is 5.69 Å². The molecule has 0 aliphatic carbocycles. The largest absolute Gasteiger partial charge is 0.494 e. The topological polar surface area (TPSA) is 59.6 Å². The van der Waals surface area contributed by atoms with Crippen LogP contribution in [0.15, 0.2) is 53.5 Å². The van der Waals surface area contributed by atoms with E-state index in [-0.39, 0.29) is 5.75 Å². The highest BCUT2D eigenvalue weighted by Crippen LogP contribution is 2.19. The van der Waals surface area contributed by atoms with E-state index in [0.29, 0.717) is 11.4 Å². The normalized spacial score (nSPS) is 11.2. The number of nitrogens with two attached hydrogens (primary N) is 1. The number of hydrogen-bond donors (Lipinski definition) is 2. The van der Waals surface area contributed by atoms with Crippen LogP contribution >= 0.6 is 0 Å². The van der Waals surface area contributed by atoms with Gasteiger partial charge in [0.15, 0.2) is 11.6 Å². The lowest BCUT2D eigenvalue weighted by Crippen LogP contribution is -2.30. The second-order valence-corrected chi connectivity index (χ2v) is 3.79. The predicted molar refractivity (Wildman–Crippen MR) is 72.9 cm³/mol. The molecule has 0 aliphatic rings. The molecule has 0 amide bonds. The number of para-hydroxylation sites is 1. The predicted octanol–water partition coefficient (Wildman–Crippen LogP) is 2.38. The van der Waals surface area contributed by atoms with E-state index in [4.69, 9.17) is 10.6 Å². The van der Waals surface area contributed by atoms with Gasteiger partial charge in [-0.3, -0.25) is 0 Å². The van der Waals surface area contributed by atoms with Crippen molar-refractivity contribution in [1.29, 1.82) is 0 Å². The first-order chi connectivity index (χ1) is 9.24. The molecule has 0 atom stereocenters. The Hall–Kier alpha value is -2.40. The zero-order valence-electron chi connectivity index (χ0n) is 10.4. The zero-order chi connectivity index (χ0) is 13.7. The van der Waals surface area contributed by atoms with Crippen molar-refractivity contribution in [2.24, 2.45) is 10.8 Å². The minimum atomic E-state index is -0.428. The average molecular weight is 259 g/mol. The molecule has 0 fully saturated rings. The fourth-order valence-corrected chi connectivity index (χ4v) is 1.62. The minimum absolute atomic E-state index is 0.147. The van der Waals surface area contributed by atoms with Crippen LogP contribution in [-0.4, -0.2) is 12.9 Å². The molecule has 0 saturated carbocycles. The second kappa shape index (κ2) is 5.97. The fraction of sp³-hybridized carbons (Fsp3) is 0.0714. The van der Waals surface area contributed by atoms with E-state index in [1.807, 2.05) is 30.3 Å². The highest BCUT2D eigenvalue weighted by atomic mass is 19.1. The summed E-state index contributed by atoms with van der Waals surface area (Å²) in [5.74, 6) is 5.62. The highest BCUT2D eigenvalue weighted by Gasteiger charge is 2.07. The van der Waals surface area contributed by atoms with E-state index in [9.17, 15) is 4.39 Å². The lowest BCUT2D eigenvalue weighted by atomic mass is 10.2. The van der Waals surface area contributed by atoms with Crippen LogP contribution in [0.3, 0.4) is 0 Å². The molecule has 0 aliphatic heterocycles. The smallest absolute Gasteiger partial charge is 0.165 e. The Balaban J connectivity index is 2.40. The number of methoxy groups -OCH3 is 1. The Morgan fingerprint density at radius 1 is 1.21 bits per heavy atom. The molecule has 0 heterocycles. The standard InChI is InChI=1S/C14H14FN3O/c1-19-13-9-10(7-8-12(13)15)14(18-16)17-11-5-3-2-4-6-11/h2-9H,16H2,1H3,(H,17,18). The molecule has 19 heavy (non-hydrogen) atoms. The summed E-state index contributed by atoms with van der Waals surface area (Å²) in [4.78, 5) is 4.35. The van der Waals surface area contributed by atoms with Crippen molar-refractivity contribution in [2.45, 2.75) is 0 Å². The van der Waals surface area contributed by atoms with Crippen molar-refractivity contribution >= 4 is 11.5 Å². The number of amidine groups is 1. The van der Waals surface area contributed by atoms with Crippen LogP contribution in [0, 0.1) is 5.82 Å². The summed E-state index contributed by atoms with van der Waals surface area (Å²) in [5.41, 5.74) is 3.90. The lowest BCUT2D eigenvalue weighted by Gasteiger charge is -2.08. The Morgan fingerprint density at radius 3 is 2.58 bits per heavy atom. The number of hydrogen-bond acceptors (Lipinski definition) is 3. The fourth-order valence-electron chi connectivity index (χ4n) is 1.62. The first-order valence-corrected chi connectivity index (χ1v) is 5.69. The Labute approximate surface area is 110 Å². The molecule has 98 valence electrons. The van der Waals surface area contributed by atoms with Gasteiger partial charge in [0.1, 0.15) is 5.84 Å². The zero-order valence-corrected chi connectivity index (χ0v) is 10.4. The molecule has 0 unspecified atom stereocenters. The van der Waals surface area contributed by atoms with Crippen LogP contribution in [0.1, 0.15) is 5.56 Å². The Kier molecular flexibility index (Phi) is 4.10. The van der Waals surface area contributed by atoms with Gasteiger partial charge in [-0.25, -0.2) is 15.2 Å². The summed E-state index contributed by atoms with van der Waals surface area (Å²) in [5, 5.41) is 0. The van der Waals surface area contributed by atoms with Gasteiger partial charge < -0.3 is 10.2 Å². The summed E-state index contributed by atoms with van der Waals surface area (Å²) in [6.45, 7) is 0. The maximum atomic E-state index is 13.3. The number of halogens is 1. The van der Waals surface area contributed by atoms with E-state index in [1.165, 1.54) is 19.2 Å². The maximum Gasteiger partial charge on any atom is 0.165 e. The van der Waals surface area contributed by atoms with Gasteiger partial charge in [0.05, 0.1) is 12.8 Å². The summed E-state index contributed by atoms with van der Waals surface area (Å²) < 4.78 is 18.3. The molecule has 2 aromatic carbocycles. The molecule has 0 aromatic heterocycles. The van der Waals surface area contributed by atoms with Crippen molar-refractivity contribution < 1.29 is 9.13 Å². The highest BCUT2D eigenvalue weighted by molar-refractivity contribution is 6.00. The van der Waals surface area contributed by atoms with Crippen LogP contribution in [0.2, 0.25) is 0 Å². The number of rotatable bonds is 3. The number of nitrogens with zero attached hydrogens (tertiary/aromatic N) is 1. The average Bonchev–Trinajstić information content (AvgIpc) is 2.46. The first-order valence-electron chi connectivity index (χ1n) is 5.69. The van der Waals surface area contributed by atoms with Gasteiger partial charge in [0.2, 0.25) is 0 Å². The third-order valence-corrected chi connectivity index (χ3v) is 2.56. The second-order valence-electron chi connectivity index (χ2n) is 3.79. The van der Waals surface area contributed by atoms with Gasteiger partial charge in [-0.05, 0) is 30.3 Å². The van der Waals surface area contributed by atoms with Crippen LogP contribution in [0.4, 0.5) is 10.1 Å². The molecule has 4 nitrogen and oxygen atoms in total. The van der Waals surface area contributed by atoms with E-state index >= 15 is 0 Å². The number of ether oxygens (including phenoxy) is 1. The van der Waals surface area contributed by atoms with E-state index < -0.39 is 5.82 Å². The molecule has 3 N–H and O–H groups in total. The van der Waals surface area contributed by atoms with Gasteiger partial charge in [-0.2, -0.15) is 0 Å². The third-order valence-electron chi connectivity index (χ3n) is 2.56. The molecule has 5 heteroatoms. The summed E-state index contributed by atoms with van der Waals surface area (Å²) >= 11 is 0. The molecular formula is C14H14FN3O. The van der Waals surface area contributed by atoms with E-state index in [2.05, 4.69) is 10.4 Å². The lowest BCUT2D eigenvalue weighted by molar-refractivity contribution is 0.386. The number of benzene rings is 2. The summed E-state index contributed by atoms with van der Waals surface area (Å²) in [6.07, 6.45) is 0. The number of nitrogens with one attached hydrogen (secondary N) is 1. The first kappa shape index (κ1) is 13.0. The molecule has 0 bridgehead atoms. The monoisotopic (exact) mass is 259 g/mol. The summed E-state index contributed by atoms with van der Waals surface area (Å²) in [6, 6.07) is 13.8. The van der Waals surface area contributed by atoms with Gasteiger partial charge >= 0.3 is 0 Å². The van der Waals surface area contributed by atoms with Gasteiger partial charge in [-0.15, -0.1) is 0 Å².